The fourth-order valence-electron chi connectivity index (χ4n) is 3.52. The van der Waals surface area contributed by atoms with Crippen molar-refractivity contribution >= 4 is 23.6 Å². The highest BCUT2D eigenvalue weighted by Crippen LogP contribution is 2.29. The van der Waals surface area contributed by atoms with Crippen LogP contribution in [0, 0.1) is 11.7 Å². The number of halogens is 1. The van der Waals surface area contributed by atoms with Gasteiger partial charge in [-0.2, -0.15) is 0 Å². The minimum absolute atomic E-state index is 0.0934. The van der Waals surface area contributed by atoms with E-state index in [-0.39, 0.29) is 29.6 Å². The maximum absolute atomic E-state index is 13.3. The summed E-state index contributed by atoms with van der Waals surface area (Å²) in [6.45, 7) is 1.19. The lowest BCUT2D eigenvalue weighted by Gasteiger charge is -2.32. The zero-order valence-electron chi connectivity index (χ0n) is 15.7. The first-order valence-corrected chi connectivity index (χ1v) is 10.8. The SMILES string of the molecule is CSc1ncc(C(=O)N2CCC(NC(=O)C3CC3)CC2)n1-c1ccc(F)cc1. The van der Waals surface area contributed by atoms with Crippen molar-refractivity contribution < 1.29 is 14.0 Å². The van der Waals surface area contributed by atoms with Crippen LogP contribution in [0.5, 0.6) is 0 Å². The molecule has 0 radical (unpaired) electrons. The Kier molecular flexibility index (Phi) is 5.39. The molecule has 1 N–H and O–H groups in total. The lowest BCUT2D eigenvalue weighted by atomic mass is 10.0. The Morgan fingerprint density at radius 3 is 2.43 bits per heavy atom. The van der Waals surface area contributed by atoms with Crippen molar-refractivity contribution in [1.29, 1.82) is 0 Å². The molecule has 1 saturated heterocycles. The van der Waals surface area contributed by atoms with E-state index in [4.69, 9.17) is 0 Å². The Labute approximate surface area is 167 Å². The average Bonchev–Trinajstić information content (AvgIpc) is 3.48. The molecule has 2 amide bonds. The number of thioether (sulfide) groups is 1. The Hall–Kier alpha value is -2.35. The summed E-state index contributed by atoms with van der Waals surface area (Å²) in [5.41, 5.74) is 1.18. The van der Waals surface area contributed by atoms with Crippen molar-refractivity contribution in [2.75, 3.05) is 19.3 Å². The van der Waals surface area contributed by atoms with E-state index in [1.54, 1.807) is 27.8 Å². The van der Waals surface area contributed by atoms with E-state index in [0.29, 0.717) is 29.6 Å². The van der Waals surface area contributed by atoms with Gasteiger partial charge in [0.15, 0.2) is 5.16 Å². The smallest absolute Gasteiger partial charge is 0.272 e. The van der Waals surface area contributed by atoms with Crippen LogP contribution >= 0.6 is 11.8 Å². The van der Waals surface area contributed by atoms with Crippen LogP contribution in [-0.4, -0.2) is 51.7 Å². The standard InChI is InChI=1S/C20H23FN4O2S/c1-28-20-22-12-17(25(20)16-6-4-14(21)5-7-16)19(27)24-10-8-15(9-11-24)23-18(26)13-2-3-13/h4-7,12-13,15H,2-3,8-11H2,1H3,(H,23,26). The third-order valence-electron chi connectivity index (χ3n) is 5.29. The van der Waals surface area contributed by atoms with Crippen LogP contribution in [0.1, 0.15) is 36.2 Å². The first-order valence-electron chi connectivity index (χ1n) is 9.54. The summed E-state index contributed by atoms with van der Waals surface area (Å²) in [4.78, 5) is 31.2. The highest BCUT2D eigenvalue weighted by atomic mass is 32.2. The minimum Gasteiger partial charge on any atom is -0.353 e. The summed E-state index contributed by atoms with van der Waals surface area (Å²) in [5.74, 6) is -0.0553. The third-order valence-corrected chi connectivity index (χ3v) is 5.95. The Morgan fingerprint density at radius 1 is 1.14 bits per heavy atom. The van der Waals surface area contributed by atoms with Crippen molar-refractivity contribution in [3.8, 4) is 5.69 Å². The highest BCUT2D eigenvalue weighted by Gasteiger charge is 2.33. The van der Waals surface area contributed by atoms with Gasteiger partial charge in [0, 0.05) is 30.7 Å². The number of amides is 2. The van der Waals surface area contributed by atoms with Gasteiger partial charge in [0.25, 0.3) is 5.91 Å². The summed E-state index contributed by atoms with van der Waals surface area (Å²) >= 11 is 1.44. The van der Waals surface area contributed by atoms with E-state index in [9.17, 15) is 14.0 Å². The number of rotatable bonds is 5. The van der Waals surface area contributed by atoms with Gasteiger partial charge in [0.2, 0.25) is 5.91 Å². The molecule has 2 heterocycles. The molecule has 0 unspecified atom stereocenters. The maximum atomic E-state index is 13.3. The van der Waals surface area contributed by atoms with Crippen molar-refractivity contribution in [2.24, 2.45) is 5.92 Å². The van der Waals surface area contributed by atoms with Gasteiger partial charge in [0.1, 0.15) is 11.5 Å². The van der Waals surface area contributed by atoms with Gasteiger partial charge in [-0.25, -0.2) is 9.37 Å². The molecule has 1 saturated carbocycles. The molecule has 4 rings (SSSR count). The molecule has 1 aromatic carbocycles. The van der Waals surface area contributed by atoms with E-state index < -0.39 is 0 Å². The van der Waals surface area contributed by atoms with Gasteiger partial charge >= 0.3 is 0 Å². The third kappa shape index (κ3) is 3.92. The number of nitrogens with zero attached hydrogens (tertiary/aromatic N) is 3. The van der Waals surface area contributed by atoms with Crippen LogP contribution in [-0.2, 0) is 4.79 Å². The van der Waals surface area contributed by atoms with E-state index in [0.717, 1.165) is 25.7 Å². The fraction of sp³-hybridized carbons (Fsp3) is 0.450. The molecule has 1 aliphatic heterocycles. The average molecular weight is 402 g/mol. The van der Waals surface area contributed by atoms with Gasteiger partial charge in [-0.1, -0.05) is 11.8 Å². The van der Waals surface area contributed by atoms with Gasteiger partial charge in [-0.3, -0.25) is 14.2 Å². The van der Waals surface area contributed by atoms with E-state index in [2.05, 4.69) is 10.3 Å². The Balaban J connectivity index is 1.47. The van der Waals surface area contributed by atoms with Crippen molar-refractivity contribution in [3.63, 3.8) is 0 Å². The number of benzene rings is 1. The predicted molar refractivity (Wildman–Crippen MR) is 105 cm³/mol. The lowest BCUT2D eigenvalue weighted by molar-refractivity contribution is -0.123. The fourth-order valence-corrected chi connectivity index (χ4v) is 4.07. The maximum Gasteiger partial charge on any atom is 0.272 e. The number of piperidine rings is 1. The molecule has 0 bridgehead atoms. The number of carbonyl (C=O) groups is 2. The minimum atomic E-state index is -0.322. The Bertz CT molecular complexity index is 871. The highest BCUT2D eigenvalue weighted by molar-refractivity contribution is 7.98. The molecular formula is C20H23FN4O2S. The van der Waals surface area contributed by atoms with E-state index in [1.165, 1.54) is 23.9 Å². The largest absolute Gasteiger partial charge is 0.353 e. The molecule has 0 atom stereocenters. The van der Waals surface area contributed by atoms with Crippen molar-refractivity contribution in [2.45, 2.75) is 36.9 Å². The molecule has 1 aromatic heterocycles. The molecule has 1 aliphatic carbocycles. The molecular weight excluding hydrogens is 379 g/mol. The molecule has 8 heteroatoms. The number of aromatic nitrogens is 2. The summed E-state index contributed by atoms with van der Waals surface area (Å²) < 4.78 is 15.1. The monoisotopic (exact) mass is 402 g/mol. The quantitative estimate of drug-likeness (QED) is 0.781. The number of hydrogen-bond donors (Lipinski definition) is 1. The molecule has 2 fully saturated rings. The van der Waals surface area contributed by atoms with Crippen LogP contribution < -0.4 is 5.32 Å². The first-order chi connectivity index (χ1) is 13.6. The summed E-state index contributed by atoms with van der Waals surface area (Å²) in [6, 6.07) is 6.19. The molecule has 148 valence electrons. The number of hydrogen-bond acceptors (Lipinski definition) is 4. The van der Waals surface area contributed by atoms with Crippen LogP contribution in [0.15, 0.2) is 35.6 Å². The zero-order valence-corrected chi connectivity index (χ0v) is 16.5. The van der Waals surface area contributed by atoms with Crippen LogP contribution in [0.3, 0.4) is 0 Å². The first kappa shape index (κ1) is 19.0. The molecule has 28 heavy (non-hydrogen) atoms. The normalized spacial score (nSPS) is 17.6. The zero-order chi connectivity index (χ0) is 19.7. The number of likely N-dealkylation sites (tertiary alicyclic amines) is 1. The molecule has 2 aliphatic rings. The van der Waals surface area contributed by atoms with Gasteiger partial charge in [-0.05, 0) is 56.2 Å². The number of carbonyl (C=O) groups excluding carboxylic acids is 2. The topological polar surface area (TPSA) is 67.2 Å². The number of nitrogens with one attached hydrogen (secondary N) is 1. The second-order valence-electron chi connectivity index (χ2n) is 7.29. The van der Waals surface area contributed by atoms with E-state index in [1.807, 2.05) is 6.26 Å². The summed E-state index contributed by atoms with van der Waals surface area (Å²) in [7, 11) is 0. The van der Waals surface area contributed by atoms with E-state index >= 15 is 0 Å². The second-order valence-corrected chi connectivity index (χ2v) is 8.06. The van der Waals surface area contributed by atoms with Crippen LogP contribution in [0.25, 0.3) is 5.69 Å². The van der Waals surface area contributed by atoms with Gasteiger partial charge < -0.3 is 10.2 Å². The van der Waals surface area contributed by atoms with Crippen molar-refractivity contribution in [1.82, 2.24) is 19.8 Å². The lowest BCUT2D eigenvalue weighted by Crippen LogP contribution is -2.47. The summed E-state index contributed by atoms with van der Waals surface area (Å²) in [5, 5.41) is 3.78. The van der Waals surface area contributed by atoms with Gasteiger partial charge in [0.05, 0.1) is 6.20 Å². The van der Waals surface area contributed by atoms with Crippen LogP contribution in [0.2, 0.25) is 0 Å². The summed E-state index contributed by atoms with van der Waals surface area (Å²) in [6.07, 6.45) is 6.97. The van der Waals surface area contributed by atoms with Crippen molar-refractivity contribution in [3.05, 3.63) is 42.0 Å². The van der Waals surface area contributed by atoms with Gasteiger partial charge in [-0.15, -0.1) is 0 Å². The molecule has 2 aromatic rings. The molecule has 0 spiro atoms. The molecule has 6 nitrogen and oxygen atoms in total. The predicted octanol–water partition coefficient (Wildman–Crippen LogP) is 2.86. The Morgan fingerprint density at radius 2 is 1.82 bits per heavy atom. The number of imidazole rings is 1. The van der Waals surface area contributed by atoms with Crippen LogP contribution in [0.4, 0.5) is 4.39 Å². The second kappa shape index (κ2) is 7.95.